The largest absolute Gasteiger partial charge is 0.497 e. The van der Waals surface area contributed by atoms with Crippen LogP contribution in [-0.4, -0.2) is 60.4 Å². The van der Waals surface area contributed by atoms with Gasteiger partial charge in [0.05, 0.1) is 31.9 Å². The van der Waals surface area contributed by atoms with Crippen molar-refractivity contribution < 1.29 is 28.7 Å². The second-order valence-electron chi connectivity index (χ2n) is 9.16. The number of carbonyl (C=O) groups is 4. The number of nitrogens with zero attached hydrogens (tertiary/aromatic N) is 2. The fraction of sp³-hybridized carbons (Fsp3) is 0.200. The van der Waals surface area contributed by atoms with E-state index in [0.29, 0.717) is 29.0 Å². The zero-order valence-corrected chi connectivity index (χ0v) is 21.5. The number of imide groups is 1. The SMILES string of the molecule is COC(=O)c1ccc(N2C(=O)CC(N(CCc3c[nH]c4ccccc34)C(=O)c3ccc(OC)cc3)C2=O)cc1. The first-order valence-corrected chi connectivity index (χ1v) is 12.5. The summed E-state index contributed by atoms with van der Waals surface area (Å²) in [7, 11) is 2.82. The van der Waals surface area contributed by atoms with Gasteiger partial charge in [-0.15, -0.1) is 0 Å². The second-order valence-corrected chi connectivity index (χ2v) is 9.16. The Morgan fingerprint density at radius 1 is 0.949 bits per heavy atom. The minimum Gasteiger partial charge on any atom is -0.497 e. The Hall–Kier alpha value is -4.92. The molecule has 39 heavy (non-hydrogen) atoms. The summed E-state index contributed by atoms with van der Waals surface area (Å²) < 4.78 is 9.93. The molecule has 4 aromatic rings. The molecule has 1 atom stereocenters. The number of ether oxygens (including phenoxy) is 2. The highest BCUT2D eigenvalue weighted by Crippen LogP contribution is 2.28. The van der Waals surface area contributed by atoms with E-state index in [1.54, 1.807) is 31.4 Å². The van der Waals surface area contributed by atoms with E-state index >= 15 is 0 Å². The van der Waals surface area contributed by atoms with Gasteiger partial charge in [-0.2, -0.15) is 0 Å². The van der Waals surface area contributed by atoms with Gasteiger partial charge in [0.2, 0.25) is 5.91 Å². The average molecular weight is 526 g/mol. The van der Waals surface area contributed by atoms with E-state index in [2.05, 4.69) is 4.98 Å². The van der Waals surface area contributed by atoms with Crippen LogP contribution in [0.5, 0.6) is 5.75 Å². The molecule has 9 heteroatoms. The molecule has 3 aromatic carbocycles. The number of methoxy groups -OCH3 is 2. The van der Waals surface area contributed by atoms with Crippen LogP contribution in [0.1, 0.15) is 32.7 Å². The maximum atomic E-state index is 13.7. The molecule has 198 valence electrons. The molecule has 1 saturated heterocycles. The summed E-state index contributed by atoms with van der Waals surface area (Å²) in [6, 6.07) is 19.6. The highest BCUT2D eigenvalue weighted by atomic mass is 16.5. The third kappa shape index (κ3) is 4.98. The van der Waals surface area contributed by atoms with Crippen molar-refractivity contribution in [3.05, 3.63) is 95.7 Å². The number of para-hydroxylation sites is 1. The van der Waals surface area contributed by atoms with Gasteiger partial charge in [-0.1, -0.05) is 18.2 Å². The topological polar surface area (TPSA) is 109 Å². The van der Waals surface area contributed by atoms with Crippen molar-refractivity contribution in [2.24, 2.45) is 0 Å². The lowest BCUT2D eigenvalue weighted by Crippen LogP contribution is -2.46. The molecular formula is C30H27N3O6. The molecule has 0 aliphatic carbocycles. The lowest BCUT2D eigenvalue weighted by Gasteiger charge is -2.28. The zero-order chi connectivity index (χ0) is 27.5. The Labute approximate surface area is 224 Å². The summed E-state index contributed by atoms with van der Waals surface area (Å²) >= 11 is 0. The molecule has 0 radical (unpaired) electrons. The van der Waals surface area contributed by atoms with Gasteiger partial charge >= 0.3 is 5.97 Å². The highest BCUT2D eigenvalue weighted by molar-refractivity contribution is 6.23. The molecule has 9 nitrogen and oxygen atoms in total. The van der Waals surface area contributed by atoms with Gasteiger partial charge in [0, 0.05) is 29.2 Å². The van der Waals surface area contributed by atoms with Crippen molar-refractivity contribution in [3.8, 4) is 5.75 Å². The van der Waals surface area contributed by atoms with E-state index in [1.165, 1.54) is 36.3 Å². The number of nitrogens with one attached hydrogen (secondary N) is 1. The predicted molar refractivity (Wildman–Crippen MR) is 145 cm³/mol. The first-order chi connectivity index (χ1) is 18.9. The van der Waals surface area contributed by atoms with Gasteiger partial charge in [0.15, 0.2) is 0 Å². The molecule has 5 rings (SSSR count). The number of aromatic amines is 1. The van der Waals surface area contributed by atoms with E-state index in [4.69, 9.17) is 9.47 Å². The smallest absolute Gasteiger partial charge is 0.337 e. The second kappa shape index (κ2) is 10.8. The predicted octanol–water partition coefficient (Wildman–Crippen LogP) is 3.98. The Morgan fingerprint density at radius 3 is 2.33 bits per heavy atom. The number of anilines is 1. The van der Waals surface area contributed by atoms with Crippen LogP contribution in [0.4, 0.5) is 5.69 Å². The van der Waals surface area contributed by atoms with E-state index < -0.39 is 23.8 Å². The minimum absolute atomic E-state index is 0.145. The summed E-state index contributed by atoms with van der Waals surface area (Å²) in [5.41, 5.74) is 3.00. The summed E-state index contributed by atoms with van der Waals surface area (Å²) in [6.07, 6.45) is 2.24. The van der Waals surface area contributed by atoms with Crippen LogP contribution in [0, 0.1) is 0 Å². The number of hydrogen-bond donors (Lipinski definition) is 1. The van der Waals surface area contributed by atoms with Crippen LogP contribution in [0.2, 0.25) is 0 Å². The normalized spacial score (nSPS) is 15.0. The van der Waals surface area contributed by atoms with E-state index in [-0.39, 0.29) is 18.9 Å². The Morgan fingerprint density at radius 2 is 1.64 bits per heavy atom. The summed E-state index contributed by atoms with van der Waals surface area (Å²) in [4.78, 5) is 58.0. The van der Waals surface area contributed by atoms with E-state index in [0.717, 1.165) is 21.4 Å². The summed E-state index contributed by atoms with van der Waals surface area (Å²) in [5, 5.41) is 1.04. The number of rotatable bonds is 8. The first-order valence-electron chi connectivity index (χ1n) is 12.5. The number of fused-ring (bicyclic) bond motifs is 1. The Bertz CT molecular complexity index is 1540. The van der Waals surface area contributed by atoms with Crippen molar-refractivity contribution in [3.63, 3.8) is 0 Å². The number of carbonyl (C=O) groups excluding carboxylic acids is 4. The van der Waals surface area contributed by atoms with E-state index in [1.807, 2.05) is 30.5 Å². The molecular weight excluding hydrogens is 498 g/mol. The zero-order valence-electron chi connectivity index (χ0n) is 21.5. The van der Waals surface area contributed by atoms with Gasteiger partial charge in [0.1, 0.15) is 11.8 Å². The van der Waals surface area contributed by atoms with Gasteiger partial charge in [-0.25, -0.2) is 9.69 Å². The van der Waals surface area contributed by atoms with Gasteiger partial charge in [-0.3, -0.25) is 14.4 Å². The summed E-state index contributed by atoms with van der Waals surface area (Å²) in [5.74, 6) is -1.19. The fourth-order valence-corrected chi connectivity index (χ4v) is 4.87. The maximum absolute atomic E-state index is 13.7. The molecule has 1 aliphatic heterocycles. The molecule has 1 aromatic heterocycles. The van der Waals surface area contributed by atoms with Crippen molar-refractivity contribution in [2.75, 3.05) is 25.7 Å². The Kier molecular flexibility index (Phi) is 7.14. The van der Waals surface area contributed by atoms with Gasteiger partial charge in [0.25, 0.3) is 11.8 Å². The molecule has 0 bridgehead atoms. The fourth-order valence-electron chi connectivity index (χ4n) is 4.87. The highest BCUT2D eigenvalue weighted by Gasteiger charge is 2.44. The number of esters is 1. The van der Waals surface area contributed by atoms with Crippen molar-refractivity contribution >= 4 is 40.3 Å². The quantitative estimate of drug-likeness (QED) is 0.275. The van der Waals surface area contributed by atoms with Gasteiger partial charge < -0.3 is 19.4 Å². The van der Waals surface area contributed by atoms with Crippen molar-refractivity contribution in [2.45, 2.75) is 18.9 Å². The monoisotopic (exact) mass is 525 g/mol. The lowest BCUT2D eigenvalue weighted by molar-refractivity contribution is -0.122. The number of aromatic nitrogens is 1. The average Bonchev–Trinajstić information content (AvgIpc) is 3.52. The van der Waals surface area contributed by atoms with Crippen LogP contribution >= 0.6 is 0 Å². The molecule has 0 saturated carbocycles. The number of hydrogen-bond acceptors (Lipinski definition) is 6. The molecule has 1 N–H and O–H groups in total. The van der Waals surface area contributed by atoms with Crippen LogP contribution in [-0.2, 0) is 20.7 Å². The number of amides is 3. The maximum Gasteiger partial charge on any atom is 0.337 e. The lowest BCUT2D eigenvalue weighted by atomic mass is 10.1. The summed E-state index contributed by atoms with van der Waals surface area (Å²) in [6.45, 7) is 0.228. The van der Waals surface area contributed by atoms with Crippen LogP contribution < -0.4 is 9.64 Å². The van der Waals surface area contributed by atoms with Crippen molar-refractivity contribution in [1.29, 1.82) is 0 Å². The Balaban J connectivity index is 1.44. The molecule has 1 fully saturated rings. The van der Waals surface area contributed by atoms with Crippen LogP contribution in [0.3, 0.4) is 0 Å². The molecule has 3 amide bonds. The molecule has 1 unspecified atom stereocenters. The molecule has 0 spiro atoms. The van der Waals surface area contributed by atoms with Crippen molar-refractivity contribution in [1.82, 2.24) is 9.88 Å². The molecule has 1 aliphatic rings. The van der Waals surface area contributed by atoms with E-state index in [9.17, 15) is 19.2 Å². The first kappa shape index (κ1) is 25.7. The van der Waals surface area contributed by atoms with Crippen LogP contribution in [0.15, 0.2) is 79.0 Å². The third-order valence-corrected chi connectivity index (χ3v) is 6.94. The number of benzene rings is 3. The standard InChI is InChI=1S/C30H27N3O6/c1-38-23-13-9-19(10-14-23)28(35)32(16-15-21-18-31-25-6-4-3-5-24(21)25)26-17-27(34)33(29(26)36)22-11-7-20(8-12-22)30(37)39-2/h3-14,18,26,31H,15-17H2,1-2H3. The molecule has 2 heterocycles. The van der Waals surface area contributed by atoms with Crippen LogP contribution in [0.25, 0.3) is 10.9 Å². The third-order valence-electron chi connectivity index (χ3n) is 6.94. The minimum atomic E-state index is -0.974. The van der Waals surface area contributed by atoms with Gasteiger partial charge in [-0.05, 0) is 66.6 Å². The number of H-pyrrole nitrogens is 1.